The van der Waals surface area contributed by atoms with E-state index in [1.807, 2.05) is 0 Å². The molecule has 3 heterocycles. The Morgan fingerprint density at radius 1 is 1.16 bits per heavy atom. The lowest BCUT2D eigenvalue weighted by Crippen LogP contribution is -2.62. The number of anilines is 1. The second-order valence-electron chi connectivity index (χ2n) is 10.3. The Bertz CT molecular complexity index is 1570. The van der Waals surface area contributed by atoms with E-state index in [0.717, 1.165) is 33.9 Å². The first-order chi connectivity index (χ1) is 19.8. The second kappa shape index (κ2) is 11.0. The Hall–Kier alpha value is -3.84. The predicted octanol–water partition coefficient (Wildman–Crippen LogP) is 1.77. The zero-order valence-electron chi connectivity index (χ0n) is 22.4. The van der Waals surface area contributed by atoms with Gasteiger partial charge >= 0.3 is 18.0 Å². The number of halogens is 6. The van der Waals surface area contributed by atoms with Gasteiger partial charge in [-0.25, -0.2) is 26.3 Å². The van der Waals surface area contributed by atoms with Crippen molar-refractivity contribution in [3.05, 3.63) is 41.5 Å². The first-order valence-corrected chi connectivity index (χ1v) is 13.9. The molecule has 1 spiro atoms. The molecule has 0 saturated carbocycles. The van der Waals surface area contributed by atoms with Crippen molar-refractivity contribution in [1.29, 1.82) is 0 Å². The summed E-state index contributed by atoms with van der Waals surface area (Å²) in [4.78, 5) is 38.1. The van der Waals surface area contributed by atoms with E-state index < -0.39 is 67.9 Å². The molecule has 236 valence electrons. The van der Waals surface area contributed by atoms with Crippen molar-refractivity contribution in [2.75, 3.05) is 25.0 Å². The average Bonchev–Trinajstić information content (AvgIpc) is 3.20. The van der Waals surface area contributed by atoms with E-state index in [0.29, 0.717) is 0 Å². The highest BCUT2D eigenvalue weighted by Gasteiger charge is 2.52. The number of likely N-dealkylation sites (tertiary alicyclic amines) is 1. The van der Waals surface area contributed by atoms with E-state index in [1.54, 1.807) is 0 Å². The molecule has 2 aliphatic rings. The Balaban J connectivity index is 1.50. The van der Waals surface area contributed by atoms with Gasteiger partial charge in [-0.05, 0) is 38.0 Å². The lowest BCUT2D eigenvalue weighted by atomic mass is 9.89. The SMILES string of the molecule is Cn1cc2c(c1C(=O)Nc1ccc(F)c(C(F)F)c1)OCC1(CCN(C(=O)C(=O)NC(C)(O)C(F)(F)F)CC1)NS2(=O)=O. The van der Waals surface area contributed by atoms with E-state index in [2.05, 4.69) is 10.0 Å². The van der Waals surface area contributed by atoms with E-state index in [4.69, 9.17) is 4.74 Å². The number of rotatable bonds is 4. The van der Waals surface area contributed by atoms with Gasteiger partial charge in [0.1, 0.15) is 17.3 Å². The van der Waals surface area contributed by atoms with Crippen LogP contribution in [0.1, 0.15) is 42.2 Å². The molecule has 0 bridgehead atoms. The van der Waals surface area contributed by atoms with Gasteiger partial charge in [0, 0.05) is 32.0 Å². The number of fused-ring (bicyclic) bond motifs is 1. The van der Waals surface area contributed by atoms with Gasteiger partial charge in [-0.2, -0.15) is 13.2 Å². The maximum atomic E-state index is 13.7. The minimum Gasteiger partial charge on any atom is -0.488 e. The number of ether oxygens (including phenoxy) is 1. The van der Waals surface area contributed by atoms with Crippen LogP contribution in [0.15, 0.2) is 29.3 Å². The van der Waals surface area contributed by atoms with Gasteiger partial charge < -0.3 is 29.9 Å². The fraction of sp³-hybridized carbons (Fsp3) is 0.458. The summed E-state index contributed by atoms with van der Waals surface area (Å²) in [5, 5.41) is 13.0. The number of hydrogen-bond donors (Lipinski definition) is 4. The highest BCUT2D eigenvalue weighted by Crippen LogP contribution is 2.37. The summed E-state index contributed by atoms with van der Waals surface area (Å²) in [5.74, 6) is -5.61. The van der Waals surface area contributed by atoms with Crippen LogP contribution < -0.4 is 20.1 Å². The average molecular weight is 642 g/mol. The van der Waals surface area contributed by atoms with Crippen molar-refractivity contribution >= 4 is 33.4 Å². The molecule has 1 atom stereocenters. The number of aryl methyl sites for hydroxylation is 1. The molecular weight excluding hydrogens is 616 g/mol. The summed E-state index contributed by atoms with van der Waals surface area (Å²) in [7, 11) is -3.05. The Kier molecular flexibility index (Phi) is 8.22. The Labute approximate surface area is 240 Å². The minimum atomic E-state index is -5.26. The third kappa shape index (κ3) is 6.28. The van der Waals surface area contributed by atoms with E-state index in [9.17, 15) is 54.3 Å². The highest BCUT2D eigenvalue weighted by atomic mass is 32.2. The van der Waals surface area contributed by atoms with Crippen molar-refractivity contribution in [1.82, 2.24) is 19.5 Å². The number of piperidine rings is 1. The summed E-state index contributed by atoms with van der Waals surface area (Å²) in [5.41, 5.74) is -6.48. The smallest absolute Gasteiger partial charge is 0.436 e. The number of nitrogens with zero attached hydrogens (tertiary/aromatic N) is 2. The quantitative estimate of drug-likeness (QED) is 0.225. The van der Waals surface area contributed by atoms with Gasteiger partial charge in [-0.1, -0.05) is 0 Å². The molecule has 1 saturated heterocycles. The number of alkyl halides is 5. The number of benzene rings is 1. The lowest BCUT2D eigenvalue weighted by Gasteiger charge is -2.40. The van der Waals surface area contributed by atoms with Crippen molar-refractivity contribution in [3.8, 4) is 5.75 Å². The Morgan fingerprint density at radius 3 is 2.37 bits per heavy atom. The molecule has 4 N–H and O–H groups in total. The summed E-state index contributed by atoms with van der Waals surface area (Å²) in [6, 6.07) is 2.50. The molecule has 2 aliphatic heterocycles. The summed E-state index contributed by atoms with van der Waals surface area (Å²) in [6.07, 6.45) is -7.64. The number of nitrogens with one attached hydrogen (secondary N) is 3. The van der Waals surface area contributed by atoms with E-state index in [1.165, 1.54) is 12.4 Å². The number of hydrogen-bond acceptors (Lipinski definition) is 7. The first kappa shape index (κ1) is 32.1. The molecule has 1 aromatic heterocycles. The number of carbonyl (C=O) groups is 3. The van der Waals surface area contributed by atoms with Crippen molar-refractivity contribution in [2.45, 2.75) is 48.5 Å². The molecule has 19 heteroatoms. The largest absolute Gasteiger partial charge is 0.488 e. The fourth-order valence-electron chi connectivity index (χ4n) is 4.60. The summed E-state index contributed by atoms with van der Waals surface area (Å²) < 4.78 is 114. The zero-order chi connectivity index (χ0) is 32.1. The summed E-state index contributed by atoms with van der Waals surface area (Å²) >= 11 is 0. The number of carbonyl (C=O) groups excluding carboxylic acids is 3. The van der Waals surface area contributed by atoms with Crippen LogP contribution in [-0.4, -0.2) is 77.8 Å². The van der Waals surface area contributed by atoms with Crippen molar-refractivity contribution in [2.24, 2.45) is 7.05 Å². The molecule has 43 heavy (non-hydrogen) atoms. The number of sulfonamides is 1. The molecule has 12 nitrogen and oxygen atoms in total. The normalized spacial score (nSPS) is 19.2. The van der Waals surface area contributed by atoms with Crippen LogP contribution in [0, 0.1) is 5.82 Å². The van der Waals surface area contributed by atoms with Crippen LogP contribution in [0.4, 0.5) is 32.0 Å². The zero-order valence-corrected chi connectivity index (χ0v) is 23.2. The topological polar surface area (TPSA) is 159 Å². The van der Waals surface area contributed by atoms with Crippen molar-refractivity contribution in [3.63, 3.8) is 0 Å². The van der Waals surface area contributed by atoms with Crippen LogP contribution in [-0.2, 0) is 26.7 Å². The lowest BCUT2D eigenvalue weighted by molar-refractivity contribution is -0.263. The maximum Gasteiger partial charge on any atom is 0.436 e. The van der Waals surface area contributed by atoms with Gasteiger partial charge in [0.25, 0.3) is 12.3 Å². The Morgan fingerprint density at radius 2 is 1.79 bits per heavy atom. The molecule has 2 aromatic rings. The molecule has 0 radical (unpaired) electrons. The standard InChI is InChI=1S/C24H25F6N5O7S/c1-22(39,24(28,29)30)32-20(37)21(38)35-7-5-23(6-8-35)11-42-17-15(43(40,41)33-23)10-34(2)16(17)19(36)31-12-3-4-14(25)13(9-12)18(26)27/h3-4,9-10,18,33,39H,5-8,11H2,1-2H3,(H,31,36)(H,32,37). The summed E-state index contributed by atoms with van der Waals surface area (Å²) in [6.45, 7) is -0.677. The second-order valence-corrected chi connectivity index (χ2v) is 11.9. The molecule has 3 amide bonds. The van der Waals surface area contributed by atoms with Gasteiger partial charge in [-0.3, -0.25) is 14.4 Å². The third-order valence-corrected chi connectivity index (χ3v) is 8.62. The molecular formula is C24H25F6N5O7S. The van der Waals surface area contributed by atoms with Crippen molar-refractivity contribution < 1.29 is 59.0 Å². The molecule has 4 rings (SSSR count). The van der Waals surface area contributed by atoms with Crippen LogP contribution in [0.2, 0.25) is 0 Å². The molecule has 1 unspecified atom stereocenters. The van der Waals surface area contributed by atoms with Gasteiger partial charge in [0.05, 0.1) is 11.1 Å². The van der Waals surface area contributed by atoms with Crippen LogP contribution in [0.3, 0.4) is 0 Å². The number of amides is 3. The van der Waals surface area contributed by atoms with Gasteiger partial charge in [0.2, 0.25) is 15.7 Å². The maximum absolute atomic E-state index is 13.7. The predicted molar refractivity (Wildman–Crippen MR) is 134 cm³/mol. The minimum absolute atomic E-state index is 0.148. The van der Waals surface area contributed by atoms with E-state index in [-0.39, 0.29) is 56.6 Å². The van der Waals surface area contributed by atoms with Crippen LogP contribution >= 0.6 is 0 Å². The molecule has 1 fully saturated rings. The van der Waals surface area contributed by atoms with Gasteiger partial charge in [-0.15, -0.1) is 0 Å². The number of aliphatic hydroxyl groups is 1. The monoisotopic (exact) mass is 641 g/mol. The highest BCUT2D eigenvalue weighted by molar-refractivity contribution is 7.89. The van der Waals surface area contributed by atoms with Gasteiger partial charge in [0.15, 0.2) is 11.4 Å². The van der Waals surface area contributed by atoms with Crippen LogP contribution in [0.25, 0.3) is 0 Å². The first-order valence-electron chi connectivity index (χ1n) is 12.4. The van der Waals surface area contributed by atoms with Crippen LogP contribution in [0.5, 0.6) is 5.75 Å². The molecule has 0 aliphatic carbocycles. The third-order valence-electron chi connectivity index (χ3n) is 7.05. The molecule has 1 aromatic carbocycles. The van der Waals surface area contributed by atoms with E-state index >= 15 is 0 Å². The number of aromatic nitrogens is 1. The fourth-order valence-corrected chi connectivity index (χ4v) is 6.24.